The Bertz CT molecular complexity index is 342. The molecule has 0 aromatic carbocycles. The predicted octanol–water partition coefficient (Wildman–Crippen LogP) is 2.62. The van der Waals surface area contributed by atoms with Crippen LogP contribution >= 0.6 is 0 Å². The van der Waals surface area contributed by atoms with Crippen molar-refractivity contribution < 1.29 is 4.74 Å². The van der Waals surface area contributed by atoms with Crippen LogP contribution in [0.4, 0.5) is 5.82 Å². The van der Waals surface area contributed by atoms with Gasteiger partial charge in [0.25, 0.3) is 0 Å². The molecule has 0 amide bonds. The Labute approximate surface area is 110 Å². The summed E-state index contributed by atoms with van der Waals surface area (Å²) in [5, 5.41) is 3.33. The zero-order chi connectivity index (χ0) is 13.4. The molecule has 0 fully saturated rings. The molecule has 0 radical (unpaired) electrons. The van der Waals surface area contributed by atoms with Crippen LogP contribution in [0.1, 0.15) is 27.2 Å². The lowest BCUT2D eigenvalue weighted by molar-refractivity contribution is 0.284. The third kappa shape index (κ3) is 4.92. The minimum absolute atomic E-state index is 0.561. The molecule has 18 heavy (non-hydrogen) atoms. The van der Waals surface area contributed by atoms with Crippen molar-refractivity contribution in [3.05, 3.63) is 18.3 Å². The van der Waals surface area contributed by atoms with E-state index >= 15 is 0 Å². The number of nitrogens with zero attached hydrogens (tertiary/aromatic N) is 2. The van der Waals surface area contributed by atoms with Crippen LogP contribution in [0.5, 0.6) is 5.75 Å². The number of hydrogen-bond acceptors (Lipinski definition) is 4. The third-order valence-electron chi connectivity index (χ3n) is 2.87. The van der Waals surface area contributed by atoms with Crippen LogP contribution in [0.15, 0.2) is 18.3 Å². The van der Waals surface area contributed by atoms with Crippen LogP contribution in [0.3, 0.4) is 0 Å². The van der Waals surface area contributed by atoms with Gasteiger partial charge in [0.15, 0.2) is 11.6 Å². The van der Waals surface area contributed by atoms with Gasteiger partial charge < -0.3 is 15.0 Å². The molecule has 0 aliphatic heterocycles. The summed E-state index contributed by atoms with van der Waals surface area (Å²) in [5.74, 6) is 1.68. The van der Waals surface area contributed by atoms with Crippen LogP contribution in [-0.2, 0) is 0 Å². The van der Waals surface area contributed by atoms with Gasteiger partial charge in [0, 0.05) is 25.3 Å². The topological polar surface area (TPSA) is 37.4 Å². The van der Waals surface area contributed by atoms with E-state index in [0.717, 1.165) is 37.7 Å². The Morgan fingerprint density at radius 3 is 2.89 bits per heavy atom. The summed E-state index contributed by atoms with van der Waals surface area (Å²) >= 11 is 0. The second-order valence-corrected chi connectivity index (χ2v) is 4.70. The molecule has 4 nitrogen and oxygen atoms in total. The van der Waals surface area contributed by atoms with Crippen molar-refractivity contribution in [3.63, 3.8) is 0 Å². The molecule has 1 aromatic heterocycles. The Morgan fingerprint density at radius 2 is 2.22 bits per heavy atom. The molecule has 1 aromatic rings. The van der Waals surface area contributed by atoms with Gasteiger partial charge >= 0.3 is 0 Å². The van der Waals surface area contributed by atoms with Crippen molar-refractivity contribution in [1.82, 2.24) is 9.88 Å². The average molecular weight is 251 g/mol. The summed E-state index contributed by atoms with van der Waals surface area (Å²) < 4.78 is 5.65. The zero-order valence-corrected chi connectivity index (χ0v) is 11.9. The highest BCUT2D eigenvalue weighted by molar-refractivity contribution is 5.49. The first-order chi connectivity index (χ1) is 8.65. The van der Waals surface area contributed by atoms with E-state index in [9.17, 15) is 0 Å². The highest BCUT2D eigenvalue weighted by Gasteiger charge is 2.05. The van der Waals surface area contributed by atoms with Crippen LogP contribution in [0.25, 0.3) is 0 Å². The summed E-state index contributed by atoms with van der Waals surface area (Å²) in [6.45, 7) is 9.07. The molecule has 0 saturated carbocycles. The Balaban J connectivity index is 2.45. The number of pyridine rings is 1. The highest BCUT2D eigenvalue weighted by Crippen LogP contribution is 2.20. The SMILES string of the molecule is CCCOc1cccnc1NCCN(C)C(C)C. The van der Waals surface area contributed by atoms with E-state index in [0.29, 0.717) is 6.04 Å². The summed E-state index contributed by atoms with van der Waals surface area (Å²) in [4.78, 5) is 6.61. The minimum Gasteiger partial charge on any atom is -0.490 e. The van der Waals surface area contributed by atoms with Crippen molar-refractivity contribution in [2.75, 3.05) is 32.1 Å². The van der Waals surface area contributed by atoms with Crippen LogP contribution in [0, 0.1) is 0 Å². The van der Waals surface area contributed by atoms with E-state index in [1.807, 2.05) is 12.1 Å². The van der Waals surface area contributed by atoms with E-state index in [1.165, 1.54) is 0 Å². The van der Waals surface area contributed by atoms with Gasteiger partial charge in [-0.3, -0.25) is 0 Å². The Kier molecular flexibility index (Phi) is 6.50. The standard InChI is InChI=1S/C14H25N3O/c1-5-11-18-13-7-6-8-15-14(13)16-9-10-17(4)12(2)3/h6-8,12H,5,9-11H2,1-4H3,(H,15,16). The Hall–Kier alpha value is -1.29. The normalized spacial score (nSPS) is 11.0. The van der Waals surface area contributed by atoms with E-state index in [-0.39, 0.29) is 0 Å². The second kappa shape index (κ2) is 7.93. The fourth-order valence-electron chi connectivity index (χ4n) is 1.46. The number of rotatable bonds is 8. The minimum atomic E-state index is 0.561. The van der Waals surface area contributed by atoms with Crippen molar-refractivity contribution in [3.8, 4) is 5.75 Å². The number of hydrogen-bond donors (Lipinski definition) is 1. The lowest BCUT2D eigenvalue weighted by atomic mass is 10.3. The van der Waals surface area contributed by atoms with Crippen LogP contribution in [0.2, 0.25) is 0 Å². The third-order valence-corrected chi connectivity index (χ3v) is 2.87. The van der Waals surface area contributed by atoms with Gasteiger partial charge in [-0.15, -0.1) is 0 Å². The van der Waals surface area contributed by atoms with Gasteiger partial charge in [0.1, 0.15) is 0 Å². The summed E-state index contributed by atoms with van der Waals surface area (Å²) in [6.07, 6.45) is 2.79. The monoisotopic (exact) mass is 251 g/mol. The maximum absolute atomic E-state index is 5.65. The predicted molar refractivity (Wildman–Crippen MR) is 76.3 cm³/mol. The maximum atomic E-state index is 5.65. The number of ether oxygens (including phenoxy) is 1. The molecular weight excluding hydrogens is 226 g/mol. The molecular formula is C14H25N3O. The molecule has 1 rings (SSSR count). The molecule has 0 saturated heterocycles. The molecule has 102 valence electrons. The molecule has 4 heteroatoms. The molecule has 1 heterocycles. The maximum Gasteiger partial charge on any atom is 0.168 e. The van der Waals surface area contributed by atoms with Crippen molar-refractivity contribution in [1.29, 1.82) is 0 Å². The molecule has 0 bridgehead atoms. The smallest absolute Gasteiger partial charge is 0.168 e. The molecule has 0 aliphatic rings. The van der Waals surface area contributed by atoms with E-state index in [4.69, 9.17) is 4.74 Å². The van der Waals surface area contributed by atoms with Crippen LogP contribution in [-0.4, -0.2) is 42.7 Å². The lowest BCUT2D eigenvalue weighted by Gasteiger charge is -2.21. The van der Waals surface area contributed by atoms with Gasteiger partial charge in [0.05, 0.1) is 6.61 Å². The van der Waals surface area contributed by atoms with Crippen molar-refractivity contribution in [2.24, 2.45) is 0 Å². The first-order valence-electron chi connectivity index (χ1n) is 6.67. The lowest BCUT2D eigenvalue weighted by Crippen LogP contribution is -2.31. The summed E-state index contributed by atoms with van der Waals surface area (Å²) in [7, 11) is 2.12. The zero-order valence-electron chi connectivity index (χ0n) is 11.9. The number of aromatic nitrogens is 1. The molecule has 0 aliphatic carbocycles. The molecule has 0 spiro atoms. The molecule has 1 N–H and O–H groups in total. The molecule has 0 atom stereocenters. The Morgan fingerprint density at radius 1 is 1.44 bits per heavy atom. The fourth-order valence-corrected chi connectivity index (χ4v) is 1.46. The molecule has 0 unspecified atom stereocenters. The van der Waals surface area contributed by atoms with Gasteiger partial charge in [-0.1, -0.05) is 6.92 Å². The average Bonchev–Trinajstić information content (AvgIpc) is 2.37. The number of likely N-dealkylation sites (N-methyl/N-ethyl adjacent to an activating group) is 1. The fraction of sp³-hybridized carbons (Fsp3) is 0.643. The quantitative estimate of drug-likeness (QED) is 0.770. The van der Waals surface area contributed by atoms with Gasteiger partial charge in [-0.25, -0.2) is 4.98 Å². The second-order valence-electron chi connectivity index (χ2n) is 4.70. The summed E-state index contributed by atoms with van der Waals surface area (Å²) in [6, 6.07) is 4.42. The number of nitrogens with one attached hydrogen (secondary N) is 1. The first kappa shape index (κ1) is 14.8. The summed E-state index contributed by atoms with van der Waals surface area (Å²) in [5.41, 5.74) is 0. The van der Waals surface area contributed by atoms with E-state index in [2.05, 4.69) is 43.0 Å². The van der Waals surface area contributed by atoms with Crippen LogP contribution < -0.4 is 10.1 Å². The van der Waals surface area contributed by atoms with Gasteiger partial charge in [-0.2, -0.15) is 0 Å². The van der Waals surface area contributed by atoms with Crippen molar-refractivity contribution >= 4 is 5.82 Å². The van der Waals surface area contributed by atoms with E-state index < -0.39 is 0 Å². The van der Waals surface area contributed by atoms with E-state index in [1.54, 1.807) is 6.20 Å². The first-order valence-corrected chi connectivity index (χ1v) is 6.67. The number of anilines is 1. The van der Waals surface area contributed by atoms with Gasteiger partial charge in [-0.05, 0) is 39.4 Å². The largest absolute Gasteiger partial charge is 0.490 e. The van der Waals surface area contributed by atoms with Gasteiger partial charge in [0.2, 0.25) is 0 Å². The highest BCUT2D eigenvalue weighted by atomic mass is 16.5. The van der Waals surface area contributed by atoms with Crippen molar-refractivity contribution in [2.45, 2.75) is 33.2 Å².